The van der Waals surface area contributed by atoms with Gasteiger partial charge in [0.1, 0.15) is 11.5 Å². The molecule has 3 atom stereocenters. The van der Waals surface area contributed by atoms with Gasteiger partial charge in [-0.1, -0.05) is 19.1 Å². The average Bonchev–Trinajstić information content (AvgIpc) is 3.07. The summed E-state index contributed by atoms with van der Waals surface area (Å²) in [7, 11) is 0. The number of rotatable bonds is 6. The summed E-state index contributed by atoms with van der Waals surface area (Å²) in [6.07, 6.45) is 1.24. The Balaban J connectivity index is 1.53. The van der Waals surface area contributed by atoms with Crippen molar-refractivity contribution in [2.24, 2.45) is 11.7 Å². The molecule has 0 bridgehead atoms. The van der Waals surface area contributed by atoms with Crippen LogP contribution in [0.5, 0.6) is 0 Å². The van der Waals surface area contributed by atoms with Crippen LogP contribution in [-0.4, -0.2) is 6.03 Å². The summed E-state index contributed by atoms with van der Waals surface area (Å²) < 4.78 is 5.90. The van der Waals surface area contributed by atoms with Crippen molar-refractivity contribution in [3.8, 4) is 0 Å². The zero-order valence-electron chi connectivity index (χ0n) is 13.5. The van der Waals surface area contributed by atoms with Crippen molar-refractivity contribution in [3.05, 3.63) is 53.5 Å². The first-order chi connectivity index (χ1) is 11.0. The molecule has 1 saturated carbocycles. The molecular formula is C18H23N3O2. The number of carbonyl (C=O) groups is 1. The minimum Gasteiger partial charge on any atom is -0.464 e. The van der Waals surface area contributed by atoms with Crippen molar-refractivity contribution in [2.45, 2.75) is 38.8 Å². The van der Waals surface area contributed by atoms with Gasteiger partial charge in [0.15, 0.2) is 0 Å². The number of anilines is 1. The van der Waals surface area contributed by atoms with Crippen LogP contribution in [0.15, 0.2) is 40.8 Å². The molecule has 23 heavy (non-hydrogen) atoms. The van der Waals surface area contributed by atoms with Crippen LogP contribution in [0.4, 0.5) is 10.5 Å². The third kappa shape index (κ3) is 3.93. The fraction of sp³-hybridized carbons (Fsp3) is 0.389. The molecule has 1 aromatic heterocycles. The van der Waals surface area contributed by atoms with Gasteiger partial charge < -0.3 is 20.8 Å². The van der Waals surface area contributed by atoms with Gasteiger partial charge in [-0.15, -0.1) is 0 Å². The van der Waals surface area contributed by atoms with Crippen LogP contribution >= 0.6 is 0 Å². The van der Waals surface area contributed by atoms with E-state index in [1.54, 1.807) is 0 Å². The quantitative estimate of drug-likeness (QED) is 0.760. The van der Waals surface area contributed by atoms with Gasteiger partial charge in [0.05, 0.1) is 6.54 Å². The third-order valence-electron chi connectivity index (χ3n) is 4.42. The van der Waals surface area contributed by atoms with Gasteiger partial charge in [-0.2, -0.15) is 0 Å². The maximum absolute atomic E-state index is 10.8. The monoisotopic (exact) mass is 313 g/mol. The SMILES string of the molecule is CC(NCc1ccc(C2CC2C)o1)c1ccc(NC(N)=O)cc1. The Labute approximate surface area is 136 Å². The highest BCUT2D eigenvalue weighted by molar-refractivity contribution is 5.87. The predicted molar refractivity (Wildman–Crippen MR) is 90.1 cm³/mol. The van der Waals surface area contributed by atoms with Gasteiger partial charge in [-0.25, -0.2) is 4.79 Å². The van der Waals surface area contributed by atoms with E-state index in [1.165, 1.54) is 6.42 Å². The number of furan rings is 1. The molecule has 1 aliphatic rings. The first-order valence-corrected chi connectivity index (χ1v) is 8.01. The first-order valence-electron chi connectivity index (χ1n) is 8.01. The Morgan fingerprint density at radius 2 is 2.00 bits per heavy atom. The standard InChI is InChI=1S/C18H23N3O2/c1-11-9-16(11)17-8-7-15(23-17)10-20-12(2)13-3-5-14(6-4-13)21-18(19)22/h3-8,11-12,16,20H,9-10H2,1-2H3,(H3,19,21,22). The van der Waals surface area contributed by atoms with Crippen LogP contribution in [0.3, 0.4) is 0 Å². The van der Waals surface area contributed by atoms with E-state index < -0.39 is 6.03 Å². The van der Waals surface area contributed by atoms with Crippen molar-refractivity contribution in [2.75, 3.05) is 5.32 Å². The van der Waals surface area contributed by atoms with Crippen LogP contribution in [0.1, 0.15) is 49.3 Å². The topological polar surface area (TPSA) is 80.3 Å². The summed E-state index contributed by atoms with van der Waals surface area (Å²) >= 11 is 0. The van der Waals surface area contributed by atoms with E-state index in [9.17, 15) is 4.79 Å². The van der Waals surface area contributed by atoms with E-state index in [2.05, 4.69) is 36.6 Å². The Hall–Kier alpha value is -2.27. The summed E-state index contributed by atoms with van der Waals surface area (Å²) in [5.74, 6) is 3.46. The molecule has 0 saturated heterocycles. The maximum Gasteiger partial charge on any atom is 0.316 e. The number of hydrogen-bond donors (Lipinski definition) is 3. The number of hydrogen-bond acceptors (Lipinski definition) is 3. The lowest BCUT2D eigenvalue weighted by Gasteiger charge is -2.14. The molecule has 0 radical (unpaired) electrons. The first kappa shape index (κ1) is 15.6. The van der Waals surface area contributed by atoms with E-state index in [-0.39, 0.29) is 6.04 Å². The molecule has 2 amide bonds. The number of amides is 2. The minimum atomic E-state index is -0.553. The number of nitrogens with one attached hydrogen (secondary N) is 2. The summed E-state index contributed by atoms with van der Waals surface area (Å²) in [5, 5.41) is 6.01. The smallest absolute Gasteiger partial charge is 0.316 e. The molecule has 122 valence electrons. The second-order valence-electron chi connectivity index (χ2n) is 6.34. The molecular weight excluding hydrogens is 290 g/mol. The summed E-state index contributed by atoms with van der Waals surface area (Å²) in [4.78, 5) is 10.8. The average molecular weight is 313 g/mol. The second kappa shape index (κ2) is 6.46. The number of carbonyl (C=O) groups excluding carboxylic acids is 1. The van der Waals surface area contributed by atoms with E-state index in [4.69, 9.17) is 10.2 Å². The Morgan fingerprint density at radius 1 is 1.30 bits per heavy atom. The Bertz CT molecular complexity index is 678. The lowest BCUT2D eigenvalue weighted by Crippen LogP contribution is -2.20. The van der Waals surface area contributed by atoms with Gasteiger partial charge >= 0.3 is 6.03 Å². The number of urea groups is 1. The van der Waals surface area contributed by atoms with Gasteiger partial charge in [-0.05, 0) is 49.1 Å². The minimum absolute atomic E-state index is 0.186. The molecule has 5 heteroatoms. The van der Waals surface area contributed by atoms with E-state index in [1.807, 2.05) is 24.3 Å². The fourth-order valence-corrected chi connectivity index (χ4v) is 2.78. The Morgan fingerprint density at radius 3 is 2.61 bits per heavy atom. The molecule has 3 rings (SSSR count). The Kier molecular flexibility index (Phi) is 4.39. The van der Waals surface area contributed by atoms with E-state index in [0.717, 1.165) is 23.0 Å². The second-order valence-corrected chi connectivity index (χ2v) is 6.34. The summed E-state index contributed by atoms with van der Waals surface area (Å²) in [6, 6.07) is 11.4. The van der Waals surface area contributed by atoms with Crippen LogP contribution in [0.2, 0.25) is 0 Å². The zero-order chi connectivity index (χ0) is 16.4. The van der Waals surface area contributed by atoms with Crippen molar-refractivity contribution < 1.29 is 9.21 Å². The molecule has 2 aromatic rings. The van der Waals surface area contributed by atoms with E-state index in [0.29, 0.717) is 18.2 Å². The molecule has 0 spiro atoms. The van der Waals surface area contributed by atoms with Crippen LogP contribution in [-0.2, 0) is 6.54 Å². The molecule has 1 aromatic carbocycles. The summed E-state index contributed by atoms with van der Waals surface area (Å²) in [6.45, 7) is 5.05. The van der Waals surface area contributed by atoms with Crippen LogP contribution in [0, 0.1) is 5.92 Å². The number of nitrogens with two attached hydrogens (primary N) is 1. The molecule has 4 N–H and O–H groups in total. The molecule has 1 fully saturated rings. The maximum atomic E-state index is 10.8. The highest BCUT2D eigenvalue weighted by Crippen LogP contribution is 2.47. The van der Waals surface area contributed by atoms with Gasteiger partial charge in [0.25, 0.3) is 0 Å². The van der Waals surface area contributed by atoms with Crippen LogP contribution in [0.25, 0.3) is 0 Å². The lowest BCUT2D eigenvalue weighted by molar-refractivity contribution is 0.259. The molecule has 0 aliphatic heterocycles. The predicted octanol–water partition coefficient (Wildman–Crippen LogP) is 3.74. The van der Waals surface area contributed by atoms with E-state index >= 15 is 0 Å². The van der Waals surface area contributed by atoms with Gasteiger partial charge in [0, 0.05) is 17.6 Å². The highest BCUT2D eigenvalue weighted by atomic mass is 16.3. The van der Waals surface area contributed by atoms with Crippen molar-refractivity contribution in [3.63, 3.8) is 0 Å². The highest BCUT2D eigenvalue weighted by Gasteiger charge is 2.36. The third-order valence-corrected chi connectivity index (χ3v) is 4.42. The molecule has 3 unspecified atom stereocenters. The van der Waals surface area contributed by atoms with Crippen molar-refractivity contribution in [1.29, 1.82) is 0 Å². The number of benzene rings is 1. The largest absolute Gasteiger partial charge is 0.464 e. The normalized spacial score (nSPS) is 21.0. The number of primary amides is 1. The summed E-state index contributed by atoms with van der Waals surface area (Å²) in [5.41, 5.74) is 6.94. The van der Waals surface area contributed by atoms with Crippen LogP contribution < -0.4 is 16.4 Å². The van der Waals surface area contributed by atoms with Gasteiger partial charge in [-0.3, -0.25) is 0 Å². The van der Waals surface area contributed by atoms with Crippen molar-refractivity contribution >= 4 is 11.7 Å². The fourth-order valence-electron chi connectivity index (χ4n) is 2.78. The van der Waals surface area contributed by atoms with Gasteiger partial charge in [0.2, 0.25) is 0 Å². The lowest BCUT2D eigenvalue weighted by atomic mass is 10.1. The molecule has 1 aliphatic carbocycles. The molecule has 5 nitrogen and oxygen atoms in total. The molecule has 1 heterocycles. The zero-order valence-corrected chi connectivity index (χ0v) is 13.5. The van der Waals surface area contributed by atoms with Crippen molar-refractivity contribution in [1.82, 2.24) is 5.32 Å².